The molecule has 4 heteroatoms. The SMILES string of the molecule is Cc1ccc(-c2ccc(CC(=O)Nc3cc(C)ccn3)n2C)cc1. The van der Waals surface area contributed by atoms with E-state index in [-0.39, 0.29) is 5.91 Å². The number of pyridine rings is 1. The van der Waals surface area contributed by atoms with Crippen molar-refractivity contribution in [3.05, 3.63) is 71.5 Å². The molecule has 0 atom stereocenters. The van der Waals surface area contributed by atoms with Crippen LogP contribution in [-0.2, 0) is 18.3 Å². The van der Waals surface area contributed by atoms with E-state index in [4.69, 9.17) is 0 Å². The molecule has 0 radical (unpaired) electrons. The first kappa shape index (κ1) is 16.0. The number of nitrogens with one attached hydrogen (secondary N) is 1. The van der Waals surface area contributed by atoms with E-state index < -0.39 is 0 Å². The van der Waals surface area contributed by atoms with Crippen molar-refractivity contribution in [2.45, 2.75) is 20.3 Å². The van der Waals surface area contributed by atoms with Crippen molar-refractivity contribution in [1.29, 1.82) is 0 Å². The van der Waals surface area contributed by atoms with Crippen LogP contribution in [0, 0.1) is 13.8 Å². The second-order valence-corrected chi connectivity index (χ2v) is 6.08. The smallest absolute Gasteiger partial charge is 0.231 e. The van der Waals surface area contributed by atoms with Crippen LogP contribution >= 0.6 is 0 Å². The number of amides is 1. The van der Waals surface area contributed by atoms with Crippen LogP contribution in [0.5, 0.6) is 0 Å². The first-order chi connectivity index (χ1) is 11.5. The fraction of sp³-hybridized carbons (Fsp3) is 0.200. The maximum absolute atomic E-state index is 12.3. The van der Waals surface area contributed by atoms with Gasteiger partial charge in [0.25, 0.3) is 0 Å². The number of nitrogens with zero attached hydrogens (tertiary/aromatic N) is 2. The molecule has 0 unspecified atom stereocenters. The molecule has 1 amide bonds. The van der Waals surface area contributed by atoms with Crippen LogP contribution in [0.3, 0.4) is 0 Å². The van der Waals surface area contributed by atoms with Gasteiger partial charge in [0.15, 0.2) is 0 Å². The molecule has 3 rings (SSSR count). The normalized spacial score (nSPS) is 10.6. The number of hydrogen-bond donors (Lipinski definition) is 1. The van der Waals surface area contributed by atoms with Crippen LogP contribution in [0.15, 0.2) is 54.7 Å². The number of rotatable bonds is 4. The Morgan fingerprint density at radius 2 is 1.79 bits per heavy atom. The summed E-state index contributed by atoms with van der Waals surface area (Å²) in [4.78, 5) is 16.4. The highest BCUT2D eigenvalue weighted by molar-refractivity contribution is 5.91. The average Bonchev–Trinajstić information content (AvgIpc) is 2.89. The van der Waals surface area contributed by atoms with Gasteiger partial charge >= 0.3 is 0 Å². The number of hydrogen-bond acceptors (Lipinski definition) is 2. The summed E-state index contributed by atoms with van der Waals surface area (Å²) in [6.07, 6.45) is 2.01. The summed E-state index contributed by atoms with van der Waals surface area (Å²) in [7, 11) is 1.99. The Morgan fingerprint density at radius 1 is 1.04 bits per heavy atom. The predicted molar refractivity (Wildman–Crippen MR) is 96.9 cm³/mol. The van der Waals surface area contributed by atoms with E-state index in [0.717, 1.165) is 22.5 Å². The number of aryl methyl sites for hydroxylation is 2. The molecular formula is C20H21N3O. The lowest BCUT2D eigenvalue weighted by atomic mass is 10.1. The molecule has 122 valence electrons. The second kappa shape index (κ2) is 6.71. The van der Waals surface area contributed by atoms with Crippen molar-refractivity contribution in [1.82, 2.24) is 9.55 Å². The standard InChI is InChI=1S/C20H21N3O/c1-14-4-6-16(7-5-14)18-9-8-17(23(18)3)13-20(24)22-19-12-15(2)10-11-21-19/h4-12H,13H2,1-3H3,(H,21,22,24). The molecule has 2 heterocycles. The van der Waals surface area contributed by atoms with Crippen molar-refractivity contribution in [2.24, 2.45) is 7.05 Å². The van der Waals surface area contributed by atoms with Gasteiger partial charge in [0.05, 0.1) is 6.42 Å². The zero-order valence-electron chi connectivity index (χ0n) is 14.2. The summed E-state index contributed by atoms with van der Waals surface area (Å²) >= 11 is 0. The van der Waals surface area contributed by atoms with Crippen LogP contribution in [0.2, 0.25) is 0 Å². The van der Waals surface area contributed by atoms with Gasteiger partial charge in [-0.15, -0.1) is 0 Å². The maximum Gasteiger partial charge on any atom is 0.231 e. The Labute approximate surface area is 142 Å². The van der Waals surface area contributed by atoms with E-state index >= 15 is 0 Å². The molecule has 0 aliphatic rings. The summed E-state index contributed by atoms with van der Waals surface area (Å²) in [5.74, 6) is 0.526. The summed E-state index contributed by atoms with van der Waals surface area (Å²) < 4.78 is 2.06. The van der Waals surface area contributed by atoms with E-state index in [1.807, 2.05) is 32.2 Å². The van der Waals surface area contributed by atoms with Gasteiger partial charge in [0.1, 0.15) is 5.82 Å². The molecule has 1 N–H and O–H groups in total. The second-order valence-electron chi connectivity index (χ2n) is 6.08. The topological polar surface area (TPSA) is 46.9 Å². The Kier molecular flexibility index (Phi) is 4.47. The van der Waals surface area contributed by atoms with Gasteiger partial charge in [-0.05, 0) is 49.2 Å². The quantitative estimate of drug-likeness (QED) is 0.793. The van der Waals surface area contributed by atoms with Gasteiger partial charge < -0.3 is 9.88 Å². The maximum atomic E-state index is 12.3. The molecule has 0 aliphatic heterocycles. The van der Waals surface area contributed by atoms with Crippen molar-refractivity contribution < 1.29 is 4.79 Å². The lowest BCUT2D eigenvalue weighted by molar-refractivity contribution is -0.115. The molecule has 0 spiro atoms. The average molecular weight is 319 g/mol. The third-order valence-electron chi connectivity index (χ3n) is 4.10. The van der Waals surface area contributed by atoms with Gasteiger partial charge in [0.2, 0.25) is 5.91 Å². The molecule has 2 aromatic heterocycles. The number of benzene rings is 1. The highest BCUT2D eigenvalue weighted by atomic mass is 16.1. The molecule has 0 fully saturated rings. The van der Waals surface area contributed by atoms with Crippen molar-refractivity contribution in [3.8, 4) is 11.3 Å². The van der Waals surface area contributed by atoms with Crippen molar-refractivity contribution in [2.75, 3.05) is 5.32 Å². The highest BCUT2D eigenvalue weighted by Gasteiger charge is 2.11. The minimum absolute atomic E-state index is 0.0650. The number of anilines is 1. The molecule has 3 aromatic rings. The highest BCUT2D eigenvalue weighted by Crippen LogP contribution is 2.22. The monoisotopic (exact) mass is 319 g/mol. The first-order valence-corrected chi connectivity index (χ1v) is 7.97. The van der Waals surface area contributed by atoms with Crippen LogP contribution < -0.4 is 5.32 Å². The lowest BCUT2D eigenvalue weighted by Crippen LogP contribution is -2.17. The molecular weight excluding hydrogens is 298 g/mol. The zero-order chi connectivity index (χ0) is 17.1. The molecule has 24 heavy (non-hydrogen) atoms. The largest absolute Gasteiger partial charge is 0.347 e. The van der Waals surface area contributed by atoms with Crippen molar-refractivity contribution >= 4 is 11.7 Å². The minimum atomic E-state index is -0.0650. The number of carbonyl (C=O) groups excluding carboxylic acids is 1. The van der Waals surface area contributed by atoms with Gasteiger partial charge in [-0.25, -0.2) is 4.98 Å². The summed E-state index contributed by atoms with van der Waals surface area (Å²) in [5, 5.41) is 2.85. The Morgan fingerprint density at radius 3 is 2.50 bits per heavy atom. The number of carbonyl (C=O) groups is 1. The van der Waals surface area contributed by atoms with Crippen LogP contribution in [0.4, 0.5) is 5.82 Å². The molecule has 4 nitrogen and oxygen atoms in total. The summed E-state index contributed by atoms with van der Waals surface area (Å²) in [5.41, 5.74) is 5.52. The van der Waals surface area contributed by atoms with Crippen LogP contribution in [0.25, 0.3) is 11.3 Å². The van der Waals surface area contributed by atoms with E-state index in [0.29, 0.717) is 12.2 Å². The van der Waals surface area contributed by atoms with E-state index in [2.05, 4.69) is 52.1 Å². The van der Waals surface area contributed by atoms with Crippen molar-refractivity contribution in [3.63, 3.8) is 0 Å². The summed E-state index contributed by atoms with van der Waals surface area (Å²) in [6, 6.07) is 16.2. The molecule has 0 aliphatic carbocycles. The molecule has 0 saturated carbocycles. The van der Waals surface area contributed by atoms with Gasteiger partial charge in [-0.2, -0.15) is 0 Å². The predicted octanol–water partition coefficient (Wildman–Crippen LogP) is 3.89. The third kappa shape index (κ3) is 3.54. The zero-order valence-corrected chi connectivity index (χ0v) is 14.2. The third-order valence-corrected chi connectivity index (χ3v) is 4.10. The van der Waals surface area contributed by atoms with E-state index in [9.17, 15) is 4.79 Å². The molecule has 1 aromatic carbocycles. The van der Waals surface area contributed by atoms with Crippen LogP contribution in [0.1, 0.15) is 16.8 Å². The Balaban J connectivity index is 1.74. The Bertz CT molecular complexity index is 863. The lowest BCUT2D eigenvalue weighted by Gasteiger charge is -2.09. The van der Waals surface area contributed by atoms with Crippen LogP contribution in [-0.4, -0.2) is 15.5 Å². The van der Waals surface area contributed by atoms with Gasteiger partial charge in [-0.1, -0.05) is 29.8 Å². The molecule has 0 saturated heterocycles. The van der Waals surface area contributed by atoms with E-state index in [1.54, 1.807) is 6.20 Å². The summed E-state index contributed by atoms with van der Waals surface area (Å²) in [6.45, 7) is 4.05. The fourth-order valence-corrected chi connectivity index (χ4v) is 2.70. The number of aromatic nitrogens is 2. The van der Waals surface area contributed by atoms with E-state index in [1.165, 1.54) is 5.56 Å². The minimum Gasteiger partial charge on any atom is -0.347 e. The fourth-order valence-electron chi connectivity index (χ4n) is 2.70. The Hall–Kier alpha value is -2.88. The molecule has 0 bridgehead atoms. The van der Waals surface area contributed by atoms with Gasteiger partial charge in [-0.3, -0.25) is 4.79 Å². The first-order valence-electron chi connectivity index (χ1n) is 7.97. The van der Waals surface area contributed by atoms with Gasteiger partial charge in [0, 0.05) is 24.6 Å².